The molecule has 0 radical (unpaired) electrons. The van der Waals surface area contributed by atoms with Crippen LogP contribution in [0.15, 0.2) is 27.9 Å². The number of sulfone groups is 1. The van der Waals surface area contributed by atoms with Gasteiger partial charge in [0.1, 0.15) is 5.82 Å². The molecule has 0 spiro atoms. The Morgan fingerprint density at radius 1 is 1.30 bits per heavy atom. The second-order valence-corrected chi connectivity index (χ2v) is 12.3. The fourth-order valence-electron chi connectivity index (χ4n) is 3.06. The smallest absolute Gasteiger partial charge is 0.217 e. The third-order valence-electron chi connectivity index (χ3n) is 4.79. The molecule has 27 heavy (non-hydrogen) atoms. The van der Waals surface area contributed by atoms with E-state index in [1.54, 1.807) is 18.4 Å². The number of thiazole rings is 1. The maximum absolute atomic E-state index is 14.6. The highest BCUT2D eigenvalue weighted by molar-refractivity contribution is 7.92. The van der Waals surface area contributed by atoms with Crippen LogP contribution in [0.25, 0.3) is 11.3 Å². The van der Waals surface area contributed by atoms with Gasteiger partial charge in [-0.1, -0.05) is 12.1 Å². The quantitative estimate of drug-likeness (QED) is 0.741. The third-order valence-corrected chi connectivity index (χ3v) is 9.75. The van der Waals surface area contributed by atoms with Gasteiger partial charge in [-0.25, -0.2) is 26.2 Å². The van der Waals surface area contributed by atoms with Crippen molar-refractivity contribution in [2.45, 2.75) is 48.9 Å². The molecule has 1 aliphatic heterocycles. The van der Waals surface area contributed by atoms with E-state index in [1.807, 2.05) is 6.92 Å². The van der Waals surface area contributed by atoms with Gasteiger partial charge in [-0.15, -0.1) is 11.3 Å². The Hall–Kier alpha value is -1.36. The number of hydrogen-bond donors (Lipinski definition) is 0. The fourth-order valence-corrected chi connectivity index (χ4v) is 6.54. The molecule has 0 N–H and O–H groups in total. The van der Waals surface area contributed by atoms with Crippen molar-refractivity contribution in [1.29, 1.82) is 0 Å². The van der Waals surface area contributed by atoms with Gasteiger partial charge in [-0.2, -0.15) is 4.31 Å². The van der Waals surface area contributed by atoms with E-state index in [0.717, 1.165) is 24.0 Å². The SMILES string of the molecule is CC1CC[C@H](C)N(Cc2ccc(-c3csc(S(C)(=O)=O)n3)cc2F)S1(=O)=O. The Bertz CT molecular complexity index is 1060. The first-order valence-corrected chi connectivity index (χ1v) is 12.7. The van der Waals surface area contributed by atoms with Gasteiger partial charge in [0, 0.05) is 35.3 Å². The first-order valence-electron chi connectivity index (χ1n) is 8.45. The maximum Gasteiger partial charge on any atom is 0.217 e. The van der Waals surface area contributed by atoms with Crippen LogP contribution in [0.1, 0.15) is 32.3 Å². The Balaban J connectivity index is 1.88. The first-order chi connectivity index (χ1) is 12.5. The lowest BCUT2D eigenvalue weighted by molar-refractivity contribution is 0.281. The normalized spacial score (nSPS) is 23.4. The monoisotopic (exact) mass is 432 g/mol. The van der Waals surface area contributed by atoms with Gasteiger partial charge in [0.05, 0.1) is 10.9 Å². The molecule has 2 heterocycles. The average Bonchev–Trinajstić information content (AvgIpc) is 3.07. The predicted octanol–water partition coefficient (Wildman–Crippen LogP) is 3.06. The van der Waals surface area contributed by atoms with Crippen molar-refractivity contribution in [3.8, 4) is 11.3 Å². The summed E-state index contributed by atoms with van der Waals surface area (Å²) in [5.74, 6) is -0.540. The summed E-state index contributed by atoms with van der Waals surface area (Å²) in [7, 11) is -6.86. The standard InChI is InChI=1S/C17H21FN2O4S3/c1-11-4-5-12(2)27(23,24)20(11)9-14-7-6-13(8-15(14)18)16-10-25-17(19-16)26(3,21)22/h6-8,10-12H,4-5,9H2,1-3H3/t11-,12?/m0/s1. The number of hydrogen-bond acceptors (Lipinski definition) is 6. The van der Waals surface area contributed by atoms with Crippen LogP contribution < -0.4 is 0 Å². The van der Waals surface area contributed by atoms with E-state index in [4.69, 9.17) is 0 Å². The molecule has 2 aromatic rings. The molecular weight excluding hydrogens is 411 g/mol. The van der Waals surface area contributed by atoms with Crippen LogP contribution in [0.5, 0.6) is 0 Å². The summed E-state index contributed by atoms with van der Waals surface area (Å²) in [5, 5.41) is 1.09. The lowest BCUT2D eigenvalue weighted by Crippen LogP contribution is -2.47. The number of aromatic nitrogens is 1. The highest BCUT2D eigenvalue weighted by Crippen LogP contribution is 2.30. The number of nitrogens with zero attached hydrogens (tertiary/aromatic N) is 2. The summed E-state index contributed by atoms with van der Waals surface area (Å²) in [6.07, 6.45) is 2.42. The molecule has 1 aromatic heterocycles. The zero-order valence-electron chi connectivity index (χ0n) is 15.2. The lowest BCUT2D eigenvalue weighted by atomic mass is 10.1. The minimum atomic E-state index is -3.45. The van der Waals surface area contributed by atoms with Crippen molar-refractivity contribution in [2.24, 2.45) is 0 Å². The van der Waals surface area contributed by atoms with Crippen molar-refractivity contribution in [1.82, 2.24) is 9.29 Å². The highest BCUT2D eigenvalue weighted by Gasteiger charge is 2.37. The molecule has 10 heteroatoms. The molecule has 1 saturated heterocycles. The van der Waals surface area contributed by atoms with E-state index in [0.29, 0.717) is 17.7 Å². The van der Waals surface area contributed by atoms with Crippen molar-refractivity contribution < 1.29 is 21.2 Å². The van der Waals surface area contributed by atoms with Gasteiger partial charge in [0.15, 0.2) is 0 Å². The molecule has 2 atom stereocenters. The molecule has 6 nitrogen and oxygen atoms in total. The molecule has 1 fully saturated rings. The second-order valence-electron chi connectivity index (χ2n) is 6.90. The van der Waals surface area contributed by atoms with E-state index >= 15 is 0 Å². The largest absolute Gasteiger partial charge is 0.225 e. The topological polar surface area (TPSA) is 84.4 Å². The number of sulfonamides is 1. The Labute approximate surface area is 163 Å². The minimum Gasteiger partial charge on any atom is -0.225 e. The molecule has 148 valence electrons. The summed E-state index contributed by atoms with van der Waals surface area (Å²) < 4.78 is 64.2. The van der Waals surface area contributed by atoms with Crippen LogP contribution in [0.2, 0.25) is 0 Å². The zero-order chi connectivity index (χ0) is 20.0. The van der Waals surface area contributed by atoms with E-state index in [2.05, 4.69) is 4.98 Å². The second kappa shape index (κ2) is 7.23. The van der Waals surface area contributed by atoms with E-state index in [9.17, 15) is 21.2 Å². The Morgan fingerprint density at radius 2 is 2.00 bits per heavy atom. The van der Waals surface area contributed by atoms with Crippen LogP contribution in [0.3, 0.4) is 0 Å². The molecule has 0 amide bonds. The van der Waals surface area contributed by atoms with Crippen molar-refractivity contribution >= 4 is 31.2 Å². The summed E-state index contributed by atoms with van der Waals surface area (Å²) in [4.78, 5) is 4.04. The van der Waals surface area contributed by atoms with E-state index < -0.39 is 30.9 Å². The molecule has 1 aromatic carbocycles. The summed E-state index contributed by atoms with van der Waals surface area (Å²) in [6.45, 7) is 3.48. The van der Waals surface area contributed by atoms with Crippen LogP contribution in [-0.4, -0.2) is 43.7 Å². The average molecular weight is 433 g/mol. The van der Waals surface area contributed by atoms with Gasteiger partial charge < -0.3 is 0 Å². The number of benzene rings is 1. The van der Waals surface area contributed by atoms with E-state index in [1.165, 1.54) is 16.4 Å². The Kier molecular flexibility index (Phi) is 5.46. The summed E-state index contributed by atoms with van der Waals surface area (Å²) >= 11 is 0.981. The molecule has 1 aliphatic rings. The van der Waals surface area contributed by atoms with Crippen molar-refractivity contribution in [3.63, 3.8) is 0 Å². The molecular formula is C17H21FN2O4S3. The van der Waals surface area contributed by atoms with Crippen LogP contribution in [0, 0.1) is 5.82 Å². The number of rotatable bonds is 4. The van der Waals surface area contributed by atoms with E-state index in [-0.39, 0.29) is 22.5 Å². The van der Waals surface area contributed by atoms with Gasteiger partial charge in [0.25, 0.3) is 0 Å². The minimum absolute atomic E-state index is 0.0222. The van der Waals surface area contributed by atoms with Crippen LogP contribution in [-0.2, 0) is 26.4 Å². The Morgan fingerprint density at radius 3 is 2.59 bits per heavy atom. The van der Waals surface area contributed by atoms with Gasteiger partial charge in [0.2, 0.25) is 24.2 Å². The van der Waals surface area contributed by atoms with Crippen LogP contribution >= 0.6 is 11.3 Å². The van der Waals surface area contributed by atoms with Crippen molar-refractivity contribution in [3.05, 3.63) is 35.0 Å². The molecule has 0 bridgehead atoms. The van der Waals surface area contributed by atoms with Gasteiger partial charge in [-0.05, 0) is 32.8 Å². The lowest BCUT2D eigenvalue weighted by Gasteiger charge is -2.36. The number of halogens is 1. The first kappa shape index (κ1) is 20.4. The molecule has 1 unspecified atom stereocenters. The maximum atomic E-state index is 14.6. The molecule has 3 rings (SSSR count). The van der Waals surface area contributed by atoms with Crippen molar-refractivity contribution in [2.75, 3.05) is 6.26 Å². The summed E-state index contributed by atoms with van der Waals surface area (Å²) in [6, 6.07) is 4.25. The summed E-state index contributed by atoms with van der Waals surface area (Å²) in [5.41, 5.74) is 1.10. The fraction of sp³-hybridized carbons (Fsp3) is 0.471. The highest BCUT2D eigenvalue weighted by atomic mass is 32.2. The van der Waals surface area contributed by atoms with Gasteiger partial charge >= 0.3 is 0 Å². The molecule has 0 aliphatic carbocycles. The molecule has 0 saturated carbocycles. The predicted molar refractivity (Wildman–Crippen MR) is 103 cm³/mol. The third kappa shape index (κ3) is 4.08. The van der Waals surface area contributed by atoms with Gasteiger partial charge in [-0.3, -0.25) is 0 Å². The van der Waals surface area contributed by atoms with Crippen LogP contribution in [0.4, 0.5) is 4.39 Å². The zero-order valence-corrected chi connectivity index (χ0v) is 17.7.